The first kappa shape index (κ1) is 20.4. The number of thioether (sulfide) groups is 1. The molecule has 3 rings (SSSR count). The van der Waals surface area contributed by atoms with Crippen molar-refractivity contribution in [1.29, 1.82) is 0 Å². The fourth-order valence-corrected chi connectivity index (χ4v) is 4.89. The molecule has 0 aromatic heterocycles. The second kappa shape index (κ2) is 8.36. The Hall–Kier alpha value is -2.32. The maximum atomic E-state index is 12.7. The number of unbranched alkanes of at least 4 members (excludes halogenated alkanes) is 1. The van der Waals surface area contributed by atoms with E-state index in [2.05, 4.69) is 16.6 Å². The Morgan fingerprint density at radius 2 is 1.96 bits per heavy atom. The molecule has 2 aromatic rings. The second-order valence-corrected chi connectivity index (χ2v) is 8.88. The van der Waals surface area contributed by atoms with Crippen molar-refractivity contribution in [2.24, 2.45) is 4.40 Å². The third-order valence-electron chi connectivity index (χ3n) is 4.52. The summed E-state index contributed by atoms with van der Waals surface area (Å²) in [5.74, 6) is 0.0953. The van der Waals surface area contributed by atoms with E-state index in [-0.39, 0.29) is 16.4 Å². The number of hydrogen-bond acceptors (Lipinski definition) is 5. The van der Waals surface area contributed by atoms with Crippen LogP contribution in [-0.2, 0) is 10.0 Å². The van der Waals surface area contributed by atoms with Crippen molar-refractivity contribution in [3.63, 3.8) is 0 Å². The lowest BCUT2D eigenvalue weighted by molar-refractivity contribution is 0.102. The van der Waals surface area contributed by atoms with Gasteiger partial charge in [0.2, 0.25) is 0 Å². The number of carbonyl (C=O) groups excluding carboxylic acids is 1. The van der Waals surface area contributed by atoms with Gasteiger partial charge in [-0.25, -0.2) is 0 Å². The molecule has 2 aromatic carbocycles. The van der Waals surface area contributed by atoms with Gasteiger partial charge in [-0.15, -0.1) is 16.2 Å². The van der Waals surface area contributed by atoms with Gasteiger partial charge in [0.05, 0.1) is 11.4 Å². The quantitative estimate of drug-likeness (QED) is 0.705. The van der Waals surface area contributed by atoms with Crippen molar-refractivity contribution in [2.75, 3.05) is 23.0 Å². The highest BCUT2D eigenvalue weighted by Crippen LogP contribution is 2.33. The molecule has 148 valence electrons. The first-order chi connectivity index (χ1) is 13.4. The minimum absolute atomic E-state index is 0.0694. The van der Waals surface area contributed by atoms with E-state index in [0.717, 1.165) is 17.7 Å². The van der Waals surface area contributed by atoms with Crippen LogP contribution in [0.1, 0.15) is 37.0 Å². The van der Waals surface area contributed by atoms with Gasteiger partial charge in [0.15, 0.2) is 0 Å². The predicted octanol–water partition coefficient (Wildman–Crippen LogP) is 4.39. The Labute approximate surface area is 170 Å². The normalized spacial score (nSPS) is 15.0. The highest BCUT2D eigenvalue weighted by atomic mass is 32.2. The van der Waals surface area contributed by atoms with Gasteiger partial charge in [-0.3, -0.25) is 4.79 Å². The minimum atomic E-state index is -3.83. The maximum Gasteiger partial charge on any atom is 0.286 e. The van der Waals surface area contributed by atoms with E-state index in [9.17, 15) is 13.2 Å². The number of fused-ring (bicyclic) bond motifs is 1. The highest BCUT2D eigenvalue weighted by molar-refractivity contribution is 7.98. The van der Waals surface area contributed by atoms with Gasteiger partial charge in [0.1, 0.15) is 10.7 Å². The summed E-state index contributed by atoms with van der Waals surface area (Å²) in [4.78, 5) is 15.6. The number of nitrogens with one attached hydrogen (secondary N) is 1. The highest BCUT2D eigenvalue weighted by Gasteiger charge is 2.29. The van der Waals surface area contributed by atoms with Crippen molar-refractivity contribution >= 4 is 44.9 Å². The van der Waals surface area contributed by atoms with E-state index in [1.165, 1.54) is 17.8 Å². The van der Waals surface area contributed by atoms with E-state index < -0.39 is 10.0 Å². The van der Waals surface area contributed by atoms with Crippen LogP contribution in [0.5, 0.6) is 0 Å². The van der Waals surface area contributed by atoms with Gasteiger partial charge in [-0.2, -0.15) is 8.42 Å². The molecule has 1 aliphatic heterocycles. The molecule has 0 fully saturated rings. The van der Waals surface area contributed by atoms with Crippen molar-refractivity contribution in [2.45, 2.75) is 36.5 Å². The summed E-state index contributed by atoms with van der Waals surface area (Å²) in [7, 11) is -3.83. The van der Waals surface area contributed by atoms with Crippen molar-refractivity contribution in [3.8, 4) is 0 Å². The van der Waals surface area contributed by atoms with Gasteiger partial charge in [-0.1, -0.05) is 25.5 Å². The third-order valence-corrected chi connectivity index (χ3v) is 6.71. The Balaban J connectivity index is 1.95. The van der Waals surface area contributed by atoms with Crippen LogP contribution >= 0.6 is 11.8 Å². The Morgan fingerprint density at radius 3 is 2.68 bits per heavy atom. The number of anilines is 2. The molecular weight excluding hydrogens is 394 g/mol. The lowest BCUT2D eigenvalue weighted by Gasteiger charge is -2.29. The predicted molar refractivity (Wildman–Crippen MR) is 115 cm³/mol. The van der Waals surface area contributed by atoms with Crippen LogP contribution < -0.4 is 10.2 Å². The fourth-order valence-electron chi connectivity index (χ4n) is 3.07. The van der Waals surface area contributed by atoms with E-state index in [4.69, 9.17) is 0 Å². The molecule has 0 saturated carbocycles. The van der Waals surface area contributed by atoms with Gasteiger partial charge in [0, 0.05) is 17.0 Å². The van der Waals surface area contributed by atoms with Gasteiger partial charge < -0.3 is 10.2 Å². The first-order valence-corrected chi connectivity index (χ1v) is 11.7. The summed E-state index contributed by atoms with van der Waals surface area (Å²) in [5.41, 5.74) is 1.55. The maximum absolute atomic E-state index is 12.7. The molecule has 0 atom stereocenters. The lowest BCUT2D eigenvalue weighted by atomic mass is 10.1. The summed E-state index contributed by atoms with van der Waals surface area (Å²) in [6, 6.07) is 12.2. The van der Waals surface area contributed by atoms with Crippen LogP contribution in [0.2, 0.25) is 0 Å². The molecule has 28 heavy (non-hydrogen) atoms. The molecule has 1 N–H and O–H groups in total. The minimum Gasteiger partial charge on any atom is -0.328 e. The van der Waals surface area contributed by atoms with Crippen LogP contribution in [0, 0.1) is 0 Å². The number of carbonyl (C=O) groups is 1. The first-order valence-electron chi connectivity index (χ1n) is 9.05. The zero-order valence-corrected chi connectivity index (χ0v) is 17.7. The number of sulfonamides is 1. The van der Waals surface area contributed by atoms with Crippen molar-refractivity contribution in [1.82, 2.24) is 0 Å². The topological polar surface area (TPSA) is 78.8 Å². The molecule has 1 amide bonds. The van der Waals surface area contributed by atoms with E-state index in [1.807, 2.05) is 35.4 Å². The molecular formula is C20H23N3O3S2. The zero-order valence-electron chi connectivity index (χ0n) is 16.1. The molecule has 6 nitrogen and oxygen atoms in total. The molecule has 0 saturated heterocycles. The molecule has 0 spiro atoms. The Morgan fingerprint density at radius 1 is 1.21 bits per heavy atom. The summed E-state index contributed by atoms with van der Waals surface area (Å²) < 4.78 is 29.1. The SMILES string of the molecule is CCCCN1C(C)=NS(=O)(=O)c2cc(C(=O)Nc3ccccc3SC)ccc21. The summed E-state index contributed by atoms with van der Waals surface area (Å²) in [6.45, 7) is 4.45. The Kier molecular flexibility index (Phi) is 6.10. The average molecular weight is 418 g/mol. The molecule has 0 radical (unpaired) electrons. The third kappa shape index (κ3) is 4.07. The lowest BCUT2D eigenvalue weighted by Crippen LogP contribution is -2.34. The summed E-state index contributed by atoms with van der Waals surface area (Å²) in [6.07, 6.45) is 3.84. The zero-order chi connectivity index (χ0) is 20.3. The number of rotatable bonds is 6. The fraction of sp³-hybridized carbons (Fsp3) is 0.300. The van der Waals surface area contributed by atoms with Gasteiger partial charge in [0.25, 0.3) is 15.9 Å². The number of nitrogens with zero attached hydrogens (tertiary/aromatic N) is 2. The molecule has 0 bridgehead atoms. The van der Waals surface area contributed by atoms with E-state index >= 15 is 0 Å². The number of amidine groups is 1. The van der Waals surface area contributed by atoms with E-state index in [1.54, 1.807) is 19.1 Å². The molecule has 8 heteroatoms. The Bertz CT molecular complexity index is 1030. The van der Waals surface area contributed by atoms with Crippen molar-refractivity contribution < 1.29 is 13.2 Å². The van der Waals surface area contributed by atoms with Crippen LogP contribution in [0.4, 0.5) is 11.4 Å². The number of amides is 1. The van der Waals surface area contributed by atoms with Crippen LogP contribution in [0.15, 0.2) is 56.7 Å². The summed E-state index contributed by atoms with van der Waals surface area (Å²) >= 11 is 1.53. The standard InChI is InChI=1S/C20H23N3O3S2/c1-4-5-12-23-14(2)22-28(25,26)19-13-15(10-11-17(19)23)20(24)21-16-8-6-7-9-18(16)27-3/h6-11,13H,4-5,12H2,1-3H3,(H,21,24). The molecule has 0 unspecified atom stereocenters. The number of benzene rings is 2. The molecule has 1 aliphatic rings. The smallest absolute Gasteiger partial charge is 0.286 e. The average Bonchev–Trinajstić information content (AvgIpc) is 2.67. The molecule has 1 heterocycles. The monoisotopic (exact) mass is 417 g/mol. The van der Waals surface area contributed by atoms with Crippen LogP contribution in [0.3, 0.4) is 0 Å². The van der Waals surface area contributed by atoms with Crippen molar-refractivity contribution in [3.05, 3.63) is 48.0 Å². The van der Waals surface area contributed by atoms with Gasteiger partial charge >= 0.3 is 0 Å². The number of hydrogen-bond donors (Lipinski definition) is 1. The molecule has 0 aliphatic carbocycles. The largest absolute Gasteiger partial charge is 0.328 e. The van der Waals surface area contributed by atoms with Crippen LogP contribution in [-0.4, -0.2) is 33.0 Å². The van der Waals surface area contributed by atoms with Crippen LogP contribution in [0.25, 0.3) is 0 Å². The van der Waals surface area contributed by atoms with Gasteiger partial charge in [-0.05, 0) is 49.9 Å². The summed E-state index contributed by atoms with van der Waals surface area (Å²) in [5, 5.41) is 2.86. The van der Waals surface area contributed by atoms with E-state index in [0.29, 0.717) is 23.8 Å². The number of para-hydroxylation sites is 1. The second-order valence-electron chi connectivity index (χ2n) is 6.46.